The standard InChI is InChI=1S/C12H10N2/c13-7-10-5-1-3-9-4-2-6-11(8-14)12(9)10/h1-8,13-14H. The van der Waals surface area contributed by atoms with E-state index in [1.807, 2.05) is 36.4 Å². The quantitative estimate of drug-likeness (QED) is 0.671. The minimum Gasteiger partial charge on any atom is -0.308 e. The van der Waals surface area contributed by atoms with Crippen molar-refractivity contribution in [2.75, 3.05) is 0 Å². The summed E-state index contributed by atoms with van der Waals surface area (Å²) in [5.41, 5.74) is 1.73. The van der Waals surface area contributed by atoms with E-state index >= 15 is 0 Å². The Morgan fingerprint density at radius 2 is 1.29 bits per heavy atom. The van der Waals surface area contributed by atoms with Gasteiger partial charge in [-0.2, -0.15) is 0 Å². The normalized spacial score (nSPS) is 10.0. The van der Waals surface area contributed by atoms with Gasteiger partial charge in [0.05, 0.1) is 0 Å². The van der Waals surface area contributed by atoms with E-state index in [1.54, 1.807) is 0 Å². The third kappa shape index (κ3) is 1.21. The number of hydrogen-bond acceptors (Lipinski definition) is 2. The molecule has 14 heavy (non-hydrogen) atoms. The second-order valence-electron chi connectivity index (χ2n) is 3.08. The van der Waals surface area contributed by atoms with Crippen molar-refractivity contribution in [2.24, 2.45) is 0 Å². The average Bonchev–Trinajstić information content (AvgIpc) is 2.27. The van der Waals surface area contributed by atoms with E-state index in [0.29, 0.717) is 0 Å². The van der Waals surface area contributed by atoms with Crippen LogP contribution in [0.3, 0.4) is 0 Å². The van der Waals surface area contributed by atoms with Gasteiger partial charge in [-0.1, -0.05) is 36.4 Å². The molecular formula is C12H10N2. The summed E-state index contributed by atoms with van der Waals surface area (Å²) in [6, 6.07) is 11.6. The highest BCUT2D eigenvalue weighted by Crippen LogP contribution is 2.20. The lowest BCUT2D eigenvalue weighted by molar-refractivity contribution is 1.54. The van der Waals surface area contributed by atoms with Crippen LogP contribution in [0, 0.1) is 10.8 Å². The third-order valence-electron chi connectivity index (χ3n) is 2.28. The van der Waals surface area contributed by atoms with Crippen molar-refractivity contribution in [1.82, 2.24) is 0 Å². The number of benzene rings is 2. The predicted molar refractivity (Wildman–Crippen MR) is 59.7 cm³/mol. The van der Waals surface area contributed by atoms with E-state index in [0.717, 1.165) is 21.9 Å². The highest BCUT2D eigenvalue weighted by molar-refractivity contribution is 6.07. The van der Waals surface area contributed by atoms with Crippen molar-refractivity contribution in [1.29, 1.82) is 10.8 Å². The minimum absolute atomic E-state index is 0.863. The molecule has 0 unspecified atom stereocenters. The molecule has 0 aliphatic carbocycles. The number of hydrogen-bond donors (Lipinski definition) is 2. The van der Waals surface area contributed by atoms with Crippen LogP contribution in [0.5, 0.6) is 0 Å². The van der Waals surface area contributed by atoms with Gasteiger partial charge in [-0.3, -0.25) is 0 Å². The zero-order valence-electron chi connectivity index (χ0n) is 7.62. The molecule has 0 fully saturated rings. The van der Waals surface area contributed by atoms with Gasteiger partial charge in [0.15, 0.2) is 0 Å². The maximum atomic E-state index is 7.30. The molecule has 0 spiro atoms. The zero-order valence-corrected chi connectivity index (χ0v) is 7.62. The van der Waals surface area contributed by atoms with Gasteiger partial charge < -0.3 is 10.8 Å². The topological polar surface area (TPSA) is 47.7 Å². The molecule has 2 nitrogen and oxygen atoms in total. The number of fused-ring (bicyclic) bond motifs is 1. The van der Waals surface area contributed by atoms with Crippen molar-refractivity contribution in [3.8, 4) is 0 Å². The summed E-state index contributed by atoms with van der Waals surface area (Å²) in [4.78, 5) is 0. The average molecular weight is 182 g/mol. The van der Waals surface area contributed by atoms with Gasteiger partial charge >= 0.3 is 0 Å². The Balaban J connectivity index is 2.94. The molecule has 0 aliphatic heterocycles. The second kappa shape index (κ2) is 3.42. The van der Waals surface area contributed by atoms with Crippen LogP contribution < -0.4 is 0 Å². The molecule has 2 heteroatoms. The van der Waals surface area contributed by atoms with Crippen molar-refractivity contribution < 1.29 is 0 Å². The molecular weight excluding hydrogens is 172 g/mol. The summed E-state index contributed by atoms with van der Waals surface area (Å²) in [6.45, 7) is 0. The molecule has 2 aromatic rings. The summed E-state index contributed by atoms with van der Waals surface area (Å²) in [6.07, 6.45) is 2.66. The zero-order chi connectivity index (χ0) is 9.97. The van der Waals surface area contributed by atoms with Crippen molar-refractivity contribution in [3.05, 3.63) is 47.5 Å². The molecule has 0 aromatic heterocycles. The van der Waals surface area contributed by atoms with E-state index in [2.05, 4.69) is 0 Å². The maximum Gasteiger partial charge on any atom is 0.0256 e. The molecule has 2 rings (SSSR count). The first-order valence-electron chi connectivity index (χ1n) is 4.39. The summed E-state index contributed by atoms with van der Waals surface area (Å²) >= 11 is 0. The highest BCUT2D eigenvalue weighted by Gasteiger charge is 2.01. The monoisotopic (exact) mass is 182 g/mol. The summed E-state index contributed by atoms with van der Waals surface area (Å²) in [7, 11) is 0. The lowest BCUT2D eigenvalue weighted by Gasteiger charge is -2.04. The van der Waals surface area contributed by atoms with Crippen LogP contribution in [-0.2, 0) is 0 Å². The molecule has 2 aromatic carbocycles. The molecule has 0 saturated heterocycles. The smallest absolute Gasteiger partial charge is 0.0256 e. The van der Waals surface area contributed by atoms with Crippen molar-refractivity contribution in [2.45, 2.75) is 0 Å². The minimum atomic E-state index is 0.863. The van der Waals surface area contributed by atoms with Gasteiger partial charge in [0.1, 0.15) is 0 Å². The fraction of sp³-hybridized carbons (Fsp3) is 0. The molecule has 0 atom stereocenters. The van der Waals surface area contributed by atoms with Crippen LogP contribution in [0.15, 0.2) is 36.4 Å². The van der Waals surface area contributed by atoms with Gasteiger partial charge in [0, 0.05) is 23.6 Å². The van der Waals surface area contributed by atoms with Crippen molar-refractivity contribution >= 4 is 23.2 Å². The van der Waals surface area contributed by atoms with Gasteiger partial charge in [-0.15, -0.1) is 0 Å². The lowest BCUT2D eigenvalue weighted by Crippen LogP contribution is -1.89. The third-order valence-corrected chi connectivity index (χ3v) is 2.28. The van der Waals surface area contributed by atoms with Gasteiger partial charge in [-0.25, -0.2) is 0 Å². The maximum absolute atomic E-state index is 7.30. The van der Waals surface area contributed by atoms with Crippen LogP contribution in [-0.4, -0.2) is 12.4 Å². The molecule has 2 N–H and O–H groups in total. The van der Waals surface area contributed by atoms with Crippen LogP contribution in [0.2, 0.25) is 0 Å². The first kappa shape index (κ1) is 8.63. The Morgan fingerprint density at radius 1 is 0.786 bits per heavy atom. The van der Waals surface area contributed by atoms with Crippen LogP contribution in [0.25, 0.3) is 10.8 Å². The molecule has 0 heterocycles. The lowest BCUT2D eigenvalue weighted by atomic mass is 10.0. The van der Waals surface area contributed by atoms with E-state index in [4.69, 9.17) is 10.8 Å². The van der Waals surface area contributed by atoms with E-state index in [-0.39, 0.29) is 0 Å². The molecule has 68 valence electrons. The summed E-state index contributed by atoms with van der Waals surface area (Å²) in [5, 5.41) is 16.7. The first-order valence-corrected chi connectivity index (χ1v) is 4.39. The molecule has 0 amide bonds. The van der Waals surface area contributed by atoms with Gasteiger partial charge in [0.25, 0.3) is 0 Å². The van der Waals surface area contributed by atoms with E-state index < -0.39 is 0 Å². The van der Waals surface area contributed by atoms with Crippen molar-refractivity contribution in [3.63, 3.8) is 0 Å². The molecule has 0 bridgehead atoms. The Kier molecular flexibility index (Phi) is 2.11. The predicted octanol–water partition coefficient (Wildman–Crippen LogP) is 2.84. The molecule has 0 aliphatic rings. The Morgan fingerprint density at radius 3 is 1.71 bits per heavy atom. The Hall–Kier alpha value is -1.96. The Labute approximate surface area is 82.2 Å². The van der Waals surface area contributed by atoms with Crippen LogP contribution in [0.1, 0.15) is 11.1 Å². The highest BCUT2D eigenvalue weighted by atomic mass is 14.3. The van der Waals surface area contributed by atoms with Gasteiger partial charge in [-0.05, 0) is 10.8 Å². The number of rotatable bonds is 2. The summed E-state index contributed by atoms with van der Waals surface area (Å²) < 4.78 is 0. The van der Waals surface area contributed by atoms with Crippen LogP contribution in [0.4, 0.5) is 0 Å². The van der Waals surface area contributed by atoms with Gasteiger partial charge in [0.2, 0.25) is 0 Å². The number of nitrogens with one attached hydrogen (secondary N) is 2. The first-order chi connectivity index (χ1) is 6.86. The fourth-order valence-electron chi connectivity index (χ4n) is 1.64. The van der Waals surface area contributed by atoms with E-state index in [1.165, 1.54) is 12.4 Å². The Bertz CT molecular complexity index is 458. The molecule has 0 saturated carbocycles. The second-order valence-corrected chi connectivity index (χ2v) is 3.08. The molecule has 0 radical (unpaired) electrons. The summed E-state index contributed by atoms with van der Waals surface area (Å²) in [5.74, 6) is 0. The fourth-order valence-corrected chi connectivity index (χ4v) is 1.64. The van der Waals surface area contributed by atoms with Crippen LogP contribution >= 0.6 is 0 Å². The SMILES string of the molecule is N=Cc1cccc2cccc(C=N)c12. The van der Waals surface area contributed by atoms with E-state index in [9.17, 15) is 0 Å². The largest absolute Gasteiger partial charge is 0.308 e.